The standard InChI is InChI=1S/C19H30F6N2O/c1-2-9-16(28)26-17(18(20,21)22,19(23,24)25)27(14-10-5-3-6-11-14)15-12-7-4-8-13-15/h14-15H,2-13H2,1H3,(H,26,28). The molecular weight excluding hydrogens is 386 g/mol. The number of carbonyl (C=O) groups excluding carboxylic acids is 1. The lowest BCUT2D eigenvalue weighted by Gasteiger charge is -2.53. The average Bonchev–Trinajstić information content (AvgIpc) is 2.61. The Labute approximate surface area is 162 Å². The molecule has 3 nitrogen and oxygen atoms in total. The van der Waals surface area contributed by atoms with E-state index in [0.29, 0.717) is 30.6 Å². The summed E-state index contributed by atoms with van der Waals surface area (Å²) in [5.74, 6) is -1.21. The minimum atomic E-state index is -5.68. The van der Waals surface area contributed by atoms with Crippen molar-refractivity contribution in [2.75, 3.05) is 0 Å². The fraction of sp³-hybridized carbons (Fsp3) is 0.947. The fourth-order valence-electron chi connectivity index (χ4n) is 4.72. The van der Waals surface area contributed by atoms with Gasteiger partial charge in [0, 0.05) is 18.5 Å². The second kappa shape index (κ2) is 9.22. The van der Waals surface area contributed by atoms with Crippen molar-refractivity contribution in [2.45, 2.75) is 114 Å². The van der Waals surface area contributed by atoms with Crippen LogP contribution in [0, 0.1) is 0 Å². The Morgan fingerprint density at radius 1 is 0.821 bits per heavy atom. The smallest absolute Gasteiger partial charge is 0.323 e. The Bertz CT molecular complexity index is 476. The first-order valence-electron chi connectivity index (χ1n) is 10.3. The molecule has 9 heteroatoms. The van der Waals surface area contributed by atoms with E-state index >= 15 is 0 Å². The van der Waals surface area contributed by atoms with Crippen molar-refractivity contribution in [3.8, 4) is 0 Å². The maximum atomic E-state index is 14.3. The van der Waals surface area contributed by atoms with Crippen LogP contribution in [0.2, 0.25) is 0 Å². The van der Waals surface area contributed by atoms with Crippen LogP contribution in [-0.4, -0.2) is 40.9 Å². The van der Waals surface area contributed by atoms with Gasteiger partial charge in [0.1, 0.15) is 0 Å². The zero-order chi connectivity index (χ0) is 21.0. The number of hydrogen-bond acceptors (Lipinski definition) is 2. The summed E-state index contributed by atoms with van der Waals surface area (Å²) in [7, 11) is 0. The van der Waals surface area contributed by atoms with Gasteiger partial charge in [-0.2, -0.15) is 26.3 Å². The second-order valence-electron chi connectivity index (χ2n) is 8.00. The van der Waals surface area contributed by atoms with Crippen LogP contribution >= 0.6 is 0 Å². The lowest BCUT2D eigenvalue weighted by molar-refractivity contribution is -0.362. The Morgan fingerprint density at radius 3 is 1.54 bits per heavy atom. The van der Waals surface area contributed by atoms with Gasteiger partial charge in [-0.05, 0) is 32.1 Å². The molecule has 28 heavy (non-hydrogen) atoms. The van der Waals surface area contributed by atoms with E-state index in [2.05, 4.69) is 0 Å². The minimum Gasteiger partial charge on any atom is -0.323 e. The van der Waals surface area contributed by atoms with Gasteiger partial charge in [-0.25, -0.2) is 0 Å². The summed E-state index contributed by atoms with van der Waals surface area (Å²) in [5, 5.41) is 1.44. The van der Waals surface area contributed by atoms with Crippen LogP contribution in [-0.2, 0) is 4.79 Å². The van der Waals surface area contributed by atoms with Gasteiger partial charge in [-0.1, -0.05) is 45.4 Å². The molecule has 0 aromatic rings. The van der Waals surface area contributed by atoms with E-state index in [1.807, 2.05) is 0 Å². The Balaban J connectivity index is 2.59. The molecule has 0 aliphatic heterocycles. The molecule has 164 valence electrons. The van der Waals surface area contributed by atoms with Crippen LogP contribution in [0.15, 0.2) is 0 Å². The molecule has 2 saturated carbocycles. The first kappa shape index (κ1) is 23.3. The molecule has 0 radical (unpaired) electrons. The van der Waals surface area contributed by atoms with Gasteiger partial charge < -0.3 is 5.32 Å². The summed E-state index contributed by atoms with van der Waals surface area (Å²) in [6.45, 7) is 1.54. The van der Waals surface area contributed by atoms with Gasteiger partial charge in [0.15, 0.2) is 0 Å². The average molecular weight is 416 g/mol. The molecule has 0 aromatic carbocycles. The van der Waals surface area contributed by atoms with E-state index in [9.17, 15) is 31.1 Å². The molecule has 1 N–H and O–H groups in total. The van der Waals surface area contributed by atoms with Crippen LogP contribution in [0.1, 0.15) is 84.0 Å². The monoisotopic (exact) mass is 416 g/mol. The minimum absolute atomic E-state index is 0.171. The molecular formula is C19H30F6N2O. The Kier molecular flexibility index (Phi) is 7.67. The van der Waals surface area contributed by atoms with Gasteiger partial charge >= 0.3 is 12.4 Å². The van der Waals surface area contributed by atoms with Gasteiger partial charge in [-0.15, -0.1) is 0 Å². The number of nitrogens with one attached hydrogen (secondary N) is 1. The molecule has 2 aliphatic rings. The molecule has 0 bridgehead atoms. The summed E-state index contributed by atoms with van der Waals surface area (Å²) in [5.41, 5.74) is -4.34. The highest BCUT2D eigenvalue weighted by Crippen LogP contribution is 2.50. The van der Waals surface area contributed by atoms with E-state index in [1.165, 1.54) is 5.32 Å². The highest BCUT2D eigenvalue weighted by molar-refractivity contribution is 5.77. The number of nitrogens with zero attached hydrogens (tertiary/aromatic N) is 1. The maximum Gasteiger partial charge on any atom is 0.434 e. The second-order valence-corrected chi connectivity index (χ2v) is 8.00. The molecule has 0 aromatic heterocycles. The molecule has 2 rings (SSSR count). The number of alkyl halides is 6. The van der Waals surface area contributed by atoms with Crippen molar-refractivity contribution in [1.29, 1.82) is 0 Å². The predicted molar refractivity (Wildman–Crippen MR) is 93.5 cm³/mol. The third-order valence-corrected chi connectivity index (χ3v) is 5.94. The van der Waals surface area contributed by atoms with Crippen molar-refractivity contribution in [3.05, 3.63) is 0 Å². The summed E-state index contributed by atoms with van der Waals surface area (Å²) in [4.78, 5) is 12.7. The fourth-order valence-corrected chi connectivity index (χ4v) is 4.72. The van der Waals surface area contributed by atoms with Crippen LogP contribution in [0.4, 0.5) is 26.3 Å². The van der Waals surface area contributed by atoms with Crippen LogP contribution < -0.4 is 5.32 Å². The molecule has 2 aliphatic carbocycles. The third-order valence-electron chi connectivity index (χ3n) is 5.94. The Hall–Kier alpha value is -0.990. The van der Waals surface area contributed by atoms with Gasteiger partial charge in [0.2, 0.25) is 5.91 Å². The van der Waals surface area contributed by atoms with Crippen molar-refractivity contribution in [1.82, 2.24) is 10.2 Å². The quantitative estimate of drug-likeness (QED) is 0.446. The summed E-state index contributed by atoms with van der Waals surface area (Å²) >= 11 is 0. The lowest BCUT2D eigenvalue weighted by atomic mass is 9.85. The normalized spacial score (nSPS) is 21.1. The highest BCUT2D eigenvalue weighted by Gasteiger charge is 2.76. The van der Waals surface area contributed by atoms with Gasteiger partial charge in [0.25, 0.3) is 5.66 Å². The van der Waals surface area contributed by atoms with E-state index in [4.69, 9.17) is 0 Å². The zero-order valence-corrected chi connectivity index (χ0v) is 16.3. The van der Waals surface area contributed by atoms with Crippen molar-refractivity contribution < 1.29 is 31.1 Å². The molecule has 0 atom stereocenters. The zero-order valence-electron chi connectivity index (χ0n) is 16.3. The van der Waals surface area contributed by atoms with Gasteiger partial charge in [0.05, 0.1) is 0 Å². The number of carbonyl (C=O) groups is 1. The lowest BCUT2D eigenvalue weighted by Crippen LogP contribution is -2.79. The molecule has 2 fully saturated rings. The molecule has 0 heterocycles. The predicted octanol–water partition coefficient (Wildman–Crippen LogP) is 5.69. The van der Waals surface area contributed by atoms with Crippen LogP contribution in [0.25, 0.3) is 0 Å². The first-order chi connectivity index (χ1) is 13.0. The van der Waals surface area contributed by atoms with Crippen molar-refractivity contribution >= 4 is 5.91 Å². The van der Waals surface area contributed by atoms with Crippen molar-refractivity contribution in [3.63, 3.8) is 0 Å². The SMILES string of the molecule is CCCC(=O)NC(N(C1CCCCC1)C1CCCCC1)(C(F)(F)F)C(F)(F)F. The maximum absolute atomic E-state index is 14.3. The van der Waals surface area contributed by atoms with Crippen molar-refractivity contribution in [2.24, 2.45) is 0 Å². The van der Waals surface area contributed by atoms with Gasteiger partial charge in [-0.3, -0.25) is 9.69 Å². The summed E-state index contributed by atoms with van der Waals surface area (Å²) in [6, 6.07) is -1.69. The highest BCUT2D eigenvalue weighted by atomic mass is 19.4. The summed E-state index contributed by atoms with van der Waals surface area (Å²) < 4.78 is 85.5. The molecule has 0 saturated heterocycles. The van der Waals surface area contributed by atoms with Crippen LogP contribution in [0.3, 0.4) is 0 Å². The number of amides is 1. The number of halogens is 6. The number of rotatable bonds is 6. The molecule has 0 spiro atoms. The van der Waals surface area contributed by atoms with E-state index < -0.39 is 36.0 Å². The topological polar surface area (TPSA) is 32.3 Å². The third kappa shape index (κ3) is 4.76. The van der Waals surface area contributed by atoms with Crippen LogP contribution in [0.5, 0.6) is 0 Å². The van der Waals surface area contributed by atoms with E-state index in [1.54, 1.807) is 6.92 Å². The largest absolute Gasteiger partial charge is 0.434 e. The molecule has 0 unspecified atom stereocenters. The summed E-state index contributed by atoms with van der Waals surface area (Å²) in [6.07, 6.45) is -6.40. The molecule has 1 amide bonds. The number of hydrogen-bond donors (Lipinski definition) is 1. The Morgan fingerprint density at radius 2 is 1.21 bits per heavy atom. The first-order valence-corrected chi connectivity index (χ1v) is 10.3. The van der Waals surface area contributed by atoms with E-state index in [0.717, 1.165) is 12.8 Å². The van der Waals surface area contributed by atoms with E-state index in [-0.39, 0.29) is 38.5 Å².